The van der Waals surface area contributed by atoms with E-state index in [0.717, 1.165) is 16.7 Å². The van der Waals surface area contributed by atoms with Gasteiger partial charge >= 0.3 is 6.03 Å². The van der Waals surface area contributed by atoms with Gasteiger partial charge in [-0.2, -0.15) is 4.99 Å². The minimum Gasteiger partial charge on any atom is -0.385 e. The first-order valence-electron chi connectivity index (χ1n) is 6.62. The normalized spacial score (nSPS) is 19.2. The van der Waals surface area contributed by atoms with Crippen molar-refractivity contribution in [3.8, 4) is 0 Å². The number of nitrogens with two attached hydrogens (primary N) is 1. The summed E-state index contributed by atoms with van der Waals surface area (Å²) in [6, 6.07) is 5.78. The Morgan fingerprint density at radius 3 is 2.68 bits per heavy atom. The topological polar surface area (TPSA) is 58.7 Å². The number of hydrogen-bond acceptors (Lipinski definition) is 2. The highest BCUT2D eigenvalue weighted by Gasteiger charge is 2.35. The zero-order valence-corrected chi connectivity index (χ0v) is 12.0. The molecule has 2 rings (SSSR count). The Morgan fingerprint density at radius 1 is 1.37 bits per heavy atom. The van der Waals surface area contributed by atoms with E-state index in [-0.39, 0.29) is 12.1 Å². The fourth-order valence-electron chi connectivity index (χ4n) is 2.46. The van der Waals surface area contributed by atoms with Crippen molar-refractivity contribution < 1.29 is 4.79 Å². The van der Waals surface area contributed by atoms with Gasteiger partial charge in [-0.3, -0.25) is 0 Å². The monoisotopic (exact) mass is 259 g/mol. The number of amidine groups is 1. The van der Waals surface area contributed by atoms with Gasteiger partial charge in [0.15, 0.2) is 0 Å². The highest BCUT2D eigenvalue weighted by Crippen LogP contribution is 2.30. The summed E-state index contributed by atoms with van der Waals surface area (Å²) in [5, 5.41) is 0. The first kappa shape index (κ1) is 13.6. The van der Waals surface area contributed by atoms with Crippen LogP contribution in [0.25, 0.3) is 0 Å². The van der Waals surface area contributed by atoms with Crippen LogP contribution in [0, 0.1) is 19.8 Å². The van der Waals surface area contributed by atoms with Crippen molar-refractivity contribution in [1.29, 1.82) is 0 Å². The molecule has 4 heteroatoms. The maximum atomic E-state index is 12.0. The van der Waals surface area contributed by atoms with E-state index in [1.54, 1.807) is 4.90 Å². The summed E-state index contributed by atoms with van der Waals surface area (Å²) in [6.45, 7) is 8.92. The molecule has 1 heterocycles. The van der Waals surface area contributed by atoms with Gasteiger partial charge < -0.3 is 10.6 Å². The molecule has 0 aliphatic carbocycles. The molecule has 0 spiro atoms. The zero-order valence-electron chi connectivity index (χ0n) is 12.0. The first-order valence-corrected chi connectivity index (χ1v) is 6.62. The molecule has 0 saturated carbocycles. The number of nitrogens with zero attached hydrogens (tertiary/aromatic N) is 2. The van der Waals surface area contributed by atoms with E-state index < -0.39 is 0 Å². The second-order valence-electron chi connectivity index (χ2n) is 5.63. The molecule has 0 bridgehead atoms. The van der Waals surface area contributed by atoms with Crippen molar-refractivity contribution in [3.63, 3.8) is 0 Å². The highest BCUT2D eigenvalue weighted by molar-refractivity contribution is 6.03. The molecular formula is C15H21N3O. The second kappa shape index (κ2) is 5.03. The fourth-order valence-corrected chi connectivity index (χ4v) is 2.46. The van der Waals surface area contributed by atoms with E-state index in [4.69, 9.17) is 5.73 Å². The molecule has 0 aromatic heterocycles. The Balaban J connectivity index is 2.42. The van der Waals surface area contributed by atoms with Crippen LogP contribution in [0.15, 0.2) is 23.2 Å². The number of aryl methyl sites for hydroxylation is 2. The molecule has 2 N–H and O–H groups in total. The summed E-state index contributed by atoms with van der Waals surface area (Å²) < 4.78 is 0. The molecule has 2 amide bonds. The molecule has 0 fully saturated rings. The van der Waals surface area contributed by atoms with Gasteiger partial charge in [0.05, 0.1) is 0 Å². The number of benzene rings is 1. The average Bonchev–Trinajstić information content (AvgIpc) is 2.57. The number of carbonyl (C=O) groups is 1. The summed E-state index contributed by atoms with van der Waals surface area (Å²) in [5.74, 6) is 0.789. The van der Waals surface area contributed by atoms with E-state index in [9.17, 15) is 4.79 Å². The standard InChI is InChI=1S/C15H21N3O/c1-9(2)8-18-13(14(16)17-15(18)19)12-7-10(3)5-6-11(12)4/h5-7,9,13H,8H2,1-4H3,(H2,16,17,19). The van der Waals surface area contributed by atoms with E-state index in [0.29, 0.717) is 18.3 Å². The summed E-state index contributed by atoms with van der Waals surface area (Å²) in [4.78, 5) is 17.7. The Hall–Kier alpha value is -1.84. The third kappa shape index (κ3) is 2.62. The third-order valence-electron chi connectivity index (χ3n) is 3.35. The van der Waals surface area contributed by atoms with Crippen molar-refractivity contribution >= 4 is 11.9 Å². The molecule has 1 atom stereocenters. The number of amides is 2. The average molecular weight is 259 g/mol. The lowest BCUT2D eigenvalue weighted by atomic mass is 9.97. The molecule has 102 valence electrons. The smallest absolute Gasteiger partial charge is 0.346 e. The van der Waals surface area contributed by atoms with Crippen molar-refractivity contribution in [3.05, 3.63) is 34.9 Å². The van der Waals surface area contributed by atoms with Gasteiger partial charge in [-0.1, -0.05) is 37.6 Å². The van der Waals surface area contributed by atoms with Crippen LogP contribution in [0.2, 0.25) is 0 Å². The minimum atomic E-state index is -0.225. The van der Waals surface area contributed by atoms with Crippen molar-refractivity contribution in [2.45, 2.75) is 33.7 Å². The van der Waals surface area contributed by atoms with E-state index in [1.165, 1.54) is 0 Å². The van der Waals surface area contributed by atoms with Crippen molar-refractivity contribution in [1.82, 2.24) is 4.90 Å². The van der Waals surface area contributed by atoms with Crippen molar-refractivity contribution in [2.24, 2.45) is 16.6 Å². The van der Waals surface area contributed by atoms with Crippen LogP contribution >= 0.6 is 0 Å². The minimum absolute atomic E-state index is 0.213. The summed E-state index contributed by atoms with van der Waals surface area (Å²) in [5.41, 5.74) is 9.35. The van der Waals surface area contributed by atoms with Gasteiger partial charge in [0.2, 0.25) is 0 Å². The van der Waals surface area contributed by atoms with Gasteiger partial charge in [-0.15, -0.1) is 0 Å². The van der Waals surface area contributed by atoms with E-state index in [1.807, 2.05) is 13.8 Å². The van der Waals surface area contributed by atoms with Gasteiger partial charge in [0.25, 0.3) is 0 Å². The van der Waals surface area contributed by atoms with Gasteiger partial charge in [0.1, 0.15) is 11.9 Å². The molecule has 4 nitrogen and oxygen atoms in total. The summed E-state index contributed by atoms with van der Waals surface area (Å²) >= 11 is 0. The van der Waals surface area contributed by atoms with Crippen molar-refractivity contribution in [2.75, 3.05) is 6.54 Å². The Labute approximate surface area is 114 Å². The molecule has 1 unspecified atom stereocenters. The number of carbonyl (C=O) groups excluding carboxylic acids is 1. The molecule has 0 radical (unpaired) electrons. The molecular weight excluding hydrogens is 238 g/mol. The van der Waals surface area contributed by atoms with E-state index >= 15 is 0 Å². The molecule has 1 aromatic carbocycles. The van der Waals surface area contributed by atoms with Crippen LogP contribution < -0.4 is 5.73 Å². The summed E-state index contributed by atoms with van der Waals surface area (Å²) in [7, 11) is 0. The second-order valence-corrected chi connectivity index (χ2v) is 5.63. The lowest BCUT2D eigenvalue weighted by molar-refractivity contribution is 0.198. The third-order valence-corrected chi connectivity index (χ3v) is 3.35. The van der Waals surface area contributed by atoms with Gasteiger partial charge in [0, 0.05) is 6.54 Å². The number of aliphatic imine (C=N–C) groups is 1. The van der Waals surface area contributed by atoms with Crippen LogP contribution in [0.3, 0.4) is 0 Å². The lowest BCUT2D eigenvalue weighted by Crippen LogP contribution is -2.36. The maximum Gasteiger partial charge on any atom is 0.346 e. The molecule has 19 heavy (non-hydrogen) atoms. The number of rotatable bonds is 3. The Morgan fingerprint density at radius 2 is 2.05 bits per heavy atom. The van der Waals surface area contributed by atoms with Crippen LogP contribution in [0.5, 0.6) is 0 Å². The van der Waals surface area contributed by atoms with Crippen LogP contribution in [0.1, 0.15) is 36.6 Å². The maximum absolute atomic E-state index is 12.0. The van der Waals surface area contributed by atoms with Gasteiger partial charge in [-0.25, -0.2) is 4.79 Å². The largest absolute Gasteiger partial charge is 0.385 e. The first-order chi connectivity index (χ1) is 8.90. The predicted octanol–water partition coefficient (Wildman–Crippen LogP) is 2.79. The lowest BCUT2D eigenvalue weighted by Gasteiger charge is -2.27. The van der Waals surface area contributed by atoms with Gasteiger partial charge in [-0.05, 0) is 30.9 Å². The van der Waals surface area contributed by atoms with Crippen LogP contribution in [-0.4, -0.2) is 23.3 Å². The number of hydrogen-bond donors (Lipinski definition) is 1. The quantitative estimate of drug-likeness (QED) is 0.907. The predicted molar refractivity (Wildman–Crippen MR) is 77.2 cm³/mol. The Kier molecular flexibility index (Phi) is 3.60. The molecule has 1 aromatic rings. The SMILES string of the molecule is Cc1ccc(C)c(C2C(N)=NC(=O)N2CC(C)C)c1. The van der Waals surface area contributed by atoms with Crippen LogP contribution in [0.4, 0.5) is 4.79 Å². The zero-order chi connectivity index (χ0) is 14.2. The highest BCUT2D eigenvalue weighted by atomic mass is 16.2. The molecule has 0 saturated heterocycles. The summed E-state index contributed by atoms with van der Waals surface area (Å²) in [6.07, 6.45) is 0. The Bertz CT molecular complexity index is 534. The number of urea groups is 1. The molecule has 1 aliphatic rings. The van der Waals surface area contributed by atoms with E-state index in [2.05, 4.69) is 37.0 Å². The van der Waals surface area contributed by atoms with Crippen LogP contribution in [-0.2, 0) is 0 Å². The fraction of sp³-hybridized carbons (Fsp3) is 0.467. The molecule has 1 aliphatic heterocycles.